The van der Waals surface area contributed by atoms with Crippen molar-refractivity contribution in [2.24, 2.45) is 0 Å². The van der Waals surface area contributed by atoms with Crippen LogP contribution in [0.5, 0.6) is 0 Å². The zero-order valence-electron chi connectivity index (χ0n) is 11.5. The first kappa shape index (κ1) is 14.2. The van der Waals surface area contributed by atoms with Gasteiger partial charge in [0.05, 0.1) is 6.10 Å². The highest BCUT2D eigenvalue weighted by Crippen LogP contribution is 2.23. The summed E-state index contributed by atoms with van der Waals surface area (Å²) in [6.45, 7) is 10.0. The molecule has 2 heteroatoms. The maximum absolute atomic E-state index is 10.2. The Hall–Kier alpha value is -0.860. The molecule has 0 saturated carbocycles. The van der Waals surface area contributed by atoms with E-state index in [-0.39, 0.29) is 0 Å². The summed E-state index contributed by atoms with van der Waals surface area (Å²) < 4.78 is 0. The molecule has 0 saturated heterocycles. The molecule has 17 heavy (non-hydrogen) atoms. The molecule has 0 heterocycles. The fraction of sp³-hybridized carbons (Fsp3) is 0.600. The molecule has 0 spiro atoms. The minimum absolute atomic E-state index is 0.396. The Bertz CT molecular complexity index is 337. The molecule has 96 valence electrons. The quantitative estimate of drug-likeness (QED) is 0.743. The highest BCUT2D eigenvalue weighted by Gasteiger charge is 2.13. The van der Waals surface area contributed by atoms with Gasteiger partial charge >= 0.3 is 0 Å². The lowest BCUT2D eigenvalue weighted by molar-refractivity contribution is 0.173. The number of rotatable bonds is 6. The summed E-state index contributed by atoms with van der Waals surface area (Å²) in [7, 11) is 0. The molecule has 0 amide bonds. The van der Waals surface area contributed by atoms with Crippen molar-refractivity contribution in [1.82, 2.24) is 5.32 Å². The number of benzene rings is 1. The van der Waals surface area contributed by atoms with Crippen molar-refractivity contribution in [3.8, 4) is 0 Å². The van der Waals surface area contributed by atoms with Crippen LogP contribution in [-0.4, -0.2) is 18.2 Å². The summed E-state index contributed by atoms with van der Waals surface area (Å²) in [6, 6.07) is 4.27. The van der Waals surface area contributed by atoms with E-state index in [1.807, 2.05) is 0 Å². The van der Waals surface area contributed by atoms with Crippen LogP contribution in [0.15, 0.2) is 12.1 Å². The van der Waals surface area contributed by atoms with Crippen LogP contribution in [0.1, 0.15) is 48.1 Å². The SMILES string of the molecule is CCCCNCC(O)c1c(C)cc(C)cc1C. The van der Waals surface area contributed by atoms with Crippen molar-refractivity contribution in [2.75, 3.05) is 13.1 Å². The first-order chi connectivity index (χ1) is 8.06. The van der Waals surface area contributed by atoms with Crippen LogP contribution >= 0.6 is 0 Å². The van der Waals surface area contributed by atoms with E-state index in [0.29, 0.717) is 6.54 Å². The second kappa shape index (κ2) is 6.77. The van der Waals surface area contributed by atoms with E-state index in [1.54, 1.807) is 0 Å². The Kier molecular flexibility index (Phi) is 5.66. The number of hydrogen-bond acceptors (Lipinski definition) is 2. The number of hydrogen-bond donors (Lipinski definition) is 2. The molecule has 1 unspecified atom stereocenters. The van der Waals surface area contributed by atoms with Gasteiger partial charge in [-0.15, -0.1) is 0 Å². The lowest BCUT2D eigenvalue weighted by atomic mass is 9.95. The molecule has 0 bridgehead atoms. The van der Waals surface area contributed by atoms with Crippen LogP contribution in [0.3, 0.4) is 0 Å². The predicted octanol–water partition coefficient (Wildman–Crippen LogP) is 3.03. The smallest absolute Gasteiger partial charge is 0.0919 e. The van der Waals surface area contributed by atoms with Crippen molar-refractivity contribution in [1.29, 1.82) is 0 Å². The summed E-state index contributed by atoms with van der Waals surface area (Å²) in [5.41, 5.74) is 4.72. The Morgan fingerprint density at radius 2 is 1.76 bits per heavy atom. The van der Waals surface area contributed by atoms with Crippen LogP contribution in [0.25, 0.3) is 0 Å². The largest absolute Gasteiger partial charge is 0.387 e. The Morgan fingerprint density at radius 3 is 2.29 bits per heavy atom. The molecule has 0 radical (unpaired) electrons. The summed E-state index contributed by atoms with van der Waals surface area (Å²) in [5, 5.41) is 13.5. The van der Waals surface area contributed by atoms with E-state index in [4.69, 9.17) is 0 Å². The van der Waals surface area contributed by atoms with Crippen LogP contribution in [0.4, 0.5) is 0 Å². The van der Waals surface area contributed by atoms with Crippen molar-refractivity contribution >= 4 is 0 Å². The first-order valence-corrected chi connectivity index (χ1v) is 6.52. The average molecular weight is 235 g/mol. The van der Waals surface area contributed by atoms with Crippen LogP contribution in [-0.2, 0) is 0 Å². The van der Waals surface area contributed by atoms with E-state index >= 15 is 0 Å². The highest BCUT2D eigenvalue weighted by molar-refractivity contribution is 5.39. The molecule has 1 aromatic carbocycles. The molecule has 1 aromatic rings. The van der Waals surface area contributed by atoms with Gasteiger partial charge in [-0.3, -0.25) is 0 Å². The van der Waals surface area contributed by atoms with E-state index in [0.717, 1.165) is 12.1 Å². The van der Waals surface area contributed by atoms with E-state index in [9.17, 15) is 5.11 Å². The van der Waals surface area contributed by atoms with Gasteiger partial charge in [-0.05, 0) is 50.4 Å². The normalized spacial score (nSPS) is 12.8. The number of aliphatic hydroxyl groups excluding tert-OH is 1. The van der Waals surface area contributed by atoms with Gasteiger partial charge in [-0.1, -0.05) is 31.0 Å². The van der Waals surface area contributed by atoms with Crippen molar-refractivity contribution in [3.63, 3.8) is 0 Å². The topological polar surface area (TPSA) is 32.3 Å². The summed E-state index contributed by atoms with van der Waals surface area (Å²) in [5.74, 6) is 0. The predicted molar refractivity (Wildman–Crippen MR) is 73.4 cm³/mol. The molecule has 0 aromatic heterocycles. The van der Waals surface area contributed by atoms with Gasteiger partial charge in [0, 0.05) is 6.54 Å². The number of aliphatic hydroxyl groups is 1. The minimum atomic E-state index is -0.396. The Balaban J connectivity index is 2.65. The molecule has 2 nitrogen and oxygen atoms in total. The third kappa shape index (κ3) is 4.14. The van der Waals surface area contributed by atoms with Gasteiger partial charge in [0.15, 0.2) is 0 Å². The Labute approximate surface area is 105 Å². The number of aryl methyl sites for hydroxylation is 3. The molecule has 0 aliphatic rings. The molecular weight excluding hydrogens is 210 g/mol. The molecule has 1 rings (SSSR count). The van der Waals surface area contributed by atoms with Gasteiger partial charge in [0.2, 0.25) is 0 Å². The van der Waals surface area contributed by atoms with Crippen LogP contribution in [0, 0.1) is 20.8 Å². The molecule has 0 aliphatic carbocycles. The van der Waals surface area contributed by atoms with E-state index in [1.165, 1.54) is 29.5 Å². The molecule has 1 atom stereocenters. The van der Waals surface area contributed by atoms with E-state index in [2.05, 4.69) is 45.1 Å². The number of unbranched alkanes of at least 4 members (excludes halogenated alkanes) is 1. The van der Waals surface area contributed by atoms with Crippen LogP contribution in [0.2, 0.25) is 0 Å². The van der Waals surface area contributed by atoms with Crippen molar-refractivity contribution in [3.05, 3.63) is 34.4 Å². The maximum Gasteiger partial charge on any atom is 0.0919 e. The monoisotopic (exact) mass is 235 g/mol. The third-order valence-corrected chi connectivity index (χ3v) is 3.12. The summed E-state index contributed by atoms with van der Waals surface area (Å²) in [6.07, 6.45) is 1.96. The van der Waals surface area contributed by atoms with Gasteiger partial charge in [-0.2, -0.15) is 0 Å². The van der Waals surface area contributed by atoms with E-state index < -0.39 is 6.10 Å². The van der Waals surface area contributed by atoms with Gasteiger partial charge in [0.1, 0.15) is 0 Å². The zero-order chi connectivity index (χ0) is 12.8. The van der Waals surface area contributed by atoms with Gasteiger partial charge < -0.3 is 10.4 Å². The molecule has 0 fully saturated rings. The lowest BCUT2D eigenvalue weighted by Crippen LogP contribution is -2.23. The fourth-order valence-corrected chi connectivity index (χ4v) is 2.36. The third-order valence-electron chi connectivity index (χ3n) is 3.12. The Morgan fingerprint density at radius 1 is 1.18 bits per heavy atom. The fourth-order valence-electron chi connectivity index (χ4n) is 2.36. The first-order valence-electron chi connectivity index (χ1n) is 6.52. The summed E-state index contributed by atoms with van der Waals surface area (Å²) in [4.78, 5) is 0. The second-order valence-electron chi connectivity index (χ2n) is 4.89. The molecule has 0 aliphatic heterocycles. The second-order valence-corrected chi connectivity index (χ2v) is 4.89. The van der Waals surface area contributed by atoms with Gasteiger partial charge in [0.25, 0.3) is 0 Å². The van der Waals surface area contributed by atoms with Crippen molar-refractivity contribution < 1.29 is 5.11 Å². The molecule has 2 N–H and O–H groups in total. The van der Waals surface area contributed by atoms with Crippen molar-refractivity contribution in [2.45, 2.75) is 46.6 Å². The standard InChI is InChI=1S/C15H25NO/c1-5-6-7-16-10-14(17)15-12(3)8-11(2)9-13(15)4/h8-9,14,16-17H,5-7,10H2,1-4H3. The maximum atomic E-state index is 10.2. The zero-order valence-corrected chi connectivity index (χ0v) is 11.5. The average Bonchev–Trinajstić information content (AvgIpc) is 2.23. The van der Waals surface area contributed by atoms with Crippen LogP contribution < -0.4 is 5.32 Å². The highest BCUT2D eigenvalue weighted by atomic mass is 16.3. The summed E-state index contributed by atoms with van der Waals surface area (Å²) >= 11 is 0. The van der Waals surface area contributed by atoms with Gasteiger partial charge in [-0.25, -0.2) is 0 Å². The molecular formula is C15H25NO. The lowest BCUT2D eigenvalue weighted by Gasteiger charge is -2.18. The number of nitrogens with one attached hydrogen (secondary N) is 1. The minimum Gasteiger partial charge on any atom is -0.387 e.